The van der Waals surface area contributed by atoms with Gasteiger partial charge in [0.25, 0.3) is 5.89 Å². The first kappa shape index (κ1) is 10.3. The molecular weight excluding hydrogens is 220 g/mol. The third-order valence-electron chi connectivity index (χ3n) is 2.75. The van der Waals surface area contributed by atoms with Gasteiger partial charge in [0.2, 0.25) is 5.82 Å². The van der Waals surface area contributed by atoms with Crippen LogP contribution in [-0.2, 0) is 4.74 Å². The van der Waals surface area contributed by atoms with Crippen LogP contribution in [0.1, 0.15) is 24.8 Å². The molecule has 1 aliphatic rings. The third-order valence-corrected chi connectivity index (χ3v) is 2.75. The van der Waals surface area contributed by atoms with Crippen LogP contribution < -0.4 is 0 Å². The summed E-state index contributed by atoms with van der Waals surface area (Å²) in [6, 6.07) is 6.74. The van der Waals surface area contributed by atoms with Crippen molar-refractivity contribution in [2.75, 3.05) is 6.61 Å². The molecule has 1 saturated heterocycles. The summed E-state index contributed by atoms with van der Waals surface area (Å²) in [6.07, 6.45) is 1.91. The van der Waals surface area contributed by atoms with Gasteiger partial charge in [-0.2, -0.15) is 4.98 Å². The Morgan fingerprint density at radius 3 is 3.06 bits per heavy atom. The number of hydrogen-bond donors (Lipinski definition) is 1. The summed E-state index contributed by atoms with van der Waals surface area (Å²) in [6.45, 7) is 0.751. The zero-order chi connectivity index (χ0) is 11.7. The van der Waals surface area contributed by atoms with Gasteiger partial charge in [0, 0.05) is 12.2 Å². The van der Waals surface area contributed by atoms with Crippen molar-refractivity contribution in [3.63, 3.8) is 0 Å². The van der Waals surface area contributed by atoms with Gasteiger partial charge in [-0.3, -0.25) is 0 Å². The molecule has 0 amide bonds. The van der Waals surface area contributed by atoms with Crippen LogP contribution in [-0.4, -0.2) is 21.9 Å². The molecule has 5 nitrogen and oxygen atoms in total. The highest BCUT2D eigenvalue weighted by molar-refractivity contribution is 5.55. The largest absolute Gasteiger partial charge is 0.508 e. The van der Waals surface area contributed by atoms with Gasteiger partial charge in [-0.15, -0.1) is 0 Å². The van der Waals surface area contributed by atoms with Gasteiger partial charge < -0.3 is 14.4 Å². The summed E-state index contributed by atoms with van der Waals surface area (Å²) in [5.74, 6) is 1.17. The number of nitrogens with zero attached hydrogens (tertiary/aromatic N) is 2. The van der Waals surface area contributed by atoms with E-state index in [4.69, 9.17) is 9.26 Å². The van der Waals surface area contributed by atoms with Crippen molar-refractivity contribution in [2.24, 2.45) is 0 Å². The van der Waals surface area contributed by atoms with Gasteiger partial charge in [-0.05, 0) is 31.0 Å². The van der Waals surface area contributed by atoms with Crippen molar-refractivity contribution in [3.8, 4) is 17.2 Å². The Bertz CT molecular complexity index is 518. The van der Waals surface area contributed by atoms with Gasteiger partial charge >= 0.3 is 0 Å². The van der Waals surface area contributed by atoms with E-state index in [1.165, 1.54) is 0 Å². The highest BCUT2D eigenvalue weighted by atomic mass is 16.5. The van der Waals surface area contributed by atoms with Crippen LogP contribution in [0.3, 0.4) is 0 Å². The first-order chi connectivity index (χ1) is 8.33. The van der Waals surface area contributed by atoms with Crippen molar-refractivity contribution >= 4 is 0 Å². The molecule has 1 aliphatic heterocycles. The van der Waals surface area contributed by atoms with Gasteiger partial charge in [0.05, 0.1) is 0 Å². The molecular formula is C12H12N2O3. The minimum absolute atomic E-state index is 0.0511. The van der Waals surface area contributed by atoms with Crippen molar-refractivity contribution in [1.29, 1.82) is 0 Å². The van der Waals surface area contributed by atoms with Gasteiger partial charge in [0.1, 0.15) is 11.9 Å². The molecule has 2 aromatic rings. The maximum absolute atomic E-state index is 9.38. The number of aromatic hydroxyl groups is 1. The second-order valence-corrected chi connectivity index (χ2v) is 4.01. The molecule has 0 spiro atoms. The first-order valence-corrected chi connectivity index (χ1v) is 5.57. The molecule has 88 valence electrons. The van der Waals surface area contributed by atoms with E-state index < -0.39 is 0 Å². The maximum atomic E-state index is 9.38. The minimum Gasteiger partial charge on any atom is -0.508 e. The minimum atomic E-state index is -0.0511. The highest BCUT2D eigenvalue weighted by Crippen LogP contribution is 2.28. The van der Waals surface area contributed by atoms with E-state index in [-0.39, 0.29) is 11.9 Å². The van der Waals surface area contributed by atoms with Crippen molar-refractivity contribution in [1.82, 2.24) is 10.1 Å². The van der Waals surface area contributed by atoms with Gasteiger partial charge in [0.15, 0.2) is 0 Å². The molecule has 1 aromatic carbocycles. The average Bonchev–Trinajstić information content (AvgIpc) is 3.00. The van der Waals surface area contributed by atoms with Crippen LogP contribution in [0.4, 0.5) is 0 Å². The van der Waals surface area contributed by atoms with E-state index in [0.717, 1.165) is 19.4 Å². The van der Waals surface area contributed by atoms with Crippen LogP contribution in [0.5, 0.6) is 5.75 Å². The van der Waals surface area contributed by atoms with E-state index in [9.17, 15) is 5.11 Å². The molecule has 5 heteroatoms. The quantitative estimate of drug-likeness (QED) is 0.860. The Morgan fingerprint density at radius 1 is 1.35 bits per heavy atom. The summed E-state index contributed by atoms with van der Waals surface area (Å²) in [4.78, 5) is 4.29. The van der Waals surface area contributed by atoms with E-state index in [1.807, 2.05) is 6.07 Å². The predicted octanol–water partition coefficient (Wildman–Crippen LogP) is 2.29. The molecule has 0 bridgehead atoms. The zero-order valence-electron chi connectivity index (χ0n) is 9.17. The fourth-order valence-electron chi connectivity index (χ4n) is 1.90. The van der Waals surface area contributed by atoms with Crippen molar-refractivity contribution in [2.45, 2.75) is 18.9 Å². The Morgan fingerprint density at radius 2 is 2.29 bits per heavy atom. The average molecular weight is 232 g/mol. The van der Waals surface area contributed by atoms with Crippen molar-refractivity contribution < 1.29 is 14.4 Å². The van der Waals surface area contributed by atoms with Gasteiger partial charge in [-0.25, -0.2) is 0 Å². The zero-order valence-corrected chi connectivity index (χ0v) is 9.17. The van der Waals surface area contributed by atoms with Crippen LogP contribution in [0.2, 0.25) is 0 Å². The van der Waals surface area contributed by atoms with Crippen LogP contribution >= 0.6 is 0 Å². The predicted molar refractivity (Wildman–Crippen MR) is 59.3 cm³/mol. The molecule has 0 radical (unpaired) electrons. The number of aromatic nitrogens is 2. The molecule has 1 unspecified atom stereocenters. The molecule has 17 heavy (non-hydrogen) atoms. The molecule has 0 aliphatic carbocycles. The summed E-state index contributed by atoms with van der Waals surface area (Å²) in [5.41, 5.74) is 0.710. The lowest BCUT2D eigenvalue weighted by Crippen LogP contribution is -1.97. The number of benzene rings is 1. The Balaban J connectivity index is 1.89. The number of phenols is 1. The standard InChI is InChI=1S/C12H12N2O3/c15-9-4-1-3-8(7-9)12-13-11(14-17-12)10-5-2-6-16-10/h1,3-4,7,10,15H,2,5-6H2. The third kappa shape index (κ3) is 2.01. The van der Waals surface area contributed by atoms with Gasteiger partial charge in [-0.1, -0.05) is 11.2 Å². The van der Waals surface area contributed by atoms with Crippen molar-refractivity contribution in [3.05, 3.63) is 30.1 Å². The van der Waals surface area contributed by atoms with Crippen LogP contribution in [0, 0.1) is 0 Å². The van der Waals surface area contributed by atoms with E-state index in [1.54, 1.807) is 18.2 Å². The van der Waals surface area contributed by atoms with E-state index in [0.29, 0.717) is 17.3 Å². The molecule has 1 aromatic heterocycles. The summed E-state index contributed by atoms with van der Waals surface area (Å²) in [5, 5.41) is 13.3. The summed E-state index contributed by atoms with van der Waals surface area (Å²) < 4.78 is 10.6. The number of hydrogen-bond acceptors (Lipinski definition) is 5. The molecule has 1 atom stereocenters. The number of rotatable bonds is 2. The highest BCUT2D eigenvalue weighted by Gasteiger charge is 2.23. The molecule has 1 N–H and O–H groups in total. The summed E-state index contributed by atoms with van der Waals surface area (Å²) >= 11 is 0. The lowest BCUT2D eigenvalue weighted by molar-refractivity contribution is 0.103. The Hall–Kier alpha value is -1.88. The van der Waals surface area contributed by atoms with E-state index in [2.05, 4.69) is 10.1 Å². The fraction of sp³-hybridized carbons (Fsp3) is 0.333. The SMILES string of the molecule is Oc1cccc(-c2nc(C3CCCO3)no2)c1. The number of ether oxygens (including phenoxy) is 1. The molecule has 3 rings (SSSR count). The Labute approximate surface area is 98.0 Å². The fourth-order valence-corrected chi connectivity index (χ4v) is 1.90. The van der Waals surface area contributed by atoms with E-state index >= 15 is 0 Å². The summed E-state index contributed by atoms with van der Waals surface area (Å²) in [7, 11) is 0. The number of phenolic OH excluding ortho intramolecular Hbond substituents is 1. The second kappa shape index (κ2) is 4.18. The molecule has 0 saturated carbocycles. The maximum Gasteiger partial charge on any atom is 0.258 e. The van der Waals surface area contributed by atoms with Crippen LogP contribution in [0.15, 0.2) is 28.8 Å². The normalized spacial score (nSPS) is 19.6. The topological polar surface area (TPSA) is 68.4 Å². The second-order valence-electron chi connectivity index (χ2n) is 4.01. The van der Waals surface area contributed by atoms with Crippen LogP contribution in [0.25, 0.3) is 11.5 Å². The first-order valence-electron chi connectivity index (χ1n) is 5.57. The molecule has 2 heterocycles. The monoisotopic (exact) mass is 232 g/mol. The Kier molecular flexibility index (Phi) is 2.53. The smallest absolute Gasteiger partial charge is 0.258 e. The lowest BCUT2D eigenvalue weighted by Gasteiger charge is -2.00. The molecule has 1 fully saturated rings. The lowest BCUT2D eigenvalue weighted by atomic mass is 10.2.